The number of piperidine rings is 1. The number of rotatable bonds is 6. The minimum absolute atomic E-state index is 0.0975. The van der Waals surface area contributed by atoms with Crippen LogP contribution in [-0.2, 0) is 19.0 Å². The van der Waals surface area contributed by atoms with Crippen LogP contribution in [-0.4, -0.2) is 70.4 Å². The number of likely N-dealkylation sites (tertiary alicyclic amines) is 1. The number of aliphatic hydroxyl groups excluding tert-OH is 1. The van der Waals surface area contributed by atoms with Gasteiger partial charge in [-0.2, -0.15) is 0 Å². The fourth-order valence-electron chi connectivity index (χ4n) is 6.17. The Hall–Kier alpha value is -3.10. The number of benzene rings is 1. The number of hydrogen-bond donors (Lipinski definition) is 2. The average Bonchev–Trinajstić information content (AvgIpc) is 3.21. The van der Waals surface area contributed by atoms with Gasteiger partial charge >= 0.3 is 6.03 Å². The molecule has 2 aliphatic heterocycles. The summed E-state index contributed by atoms with van der Waals surface area (Å²) in [5.74, 6) is 0.803. The summed E-state index contributed by atoms with van der Waals surface area (Å²) in [6.45, 7) is 5.84. The monoisotopic (exact) mass is 491 g/mol. The maximum Gasteiger partial charge on any atom is 0.318 e. The molecule has 1 atom stereocenters. The van der Waals surface area contributed by atoms with Crippen molar-refractivity contribution >= 4 is 16.9 Å². The number of carbonyl (C=O) groups excluding carboxylic acids is 1. The highest BCUT2D eigenvalue weighted by molar-refractivity contribution is 5.89. The number of fused-ring (bicyclic) bond motifs is 4. The third-order valence-corrected chi connectivity index (χ3v) is 8.03. The Labute approximate surface area is 212 Å². The molecule has 1 fully saturated rings. The van der Waals surface area contributed by atoms with Gasteiger partial charge in [-0.15, -0.1) is 0 Å². The molecule has 2 aliphatic rings. The molecule has 2 aromatic heterocycles. The van der Waals surface area contributed by atoms with Gasteiger partial charge in [0.05, 0.1) is 31.0 Å². The van der Waals surface area contributed by atoms with Crippen molar-refractivity contribution in [3.63, 3.8) is 0 Å². The molecule has 0 bridgehead atoms. The van der Waals surface area contributed by atoms with E-state index >= 15 is 0 Å². The number of methoxy groups -OCH3 is 1. The minimum atomic E-state index is -0.391. The molecule has 192 valence electrons. The van der Waals surface area contributed by atoms with Gasteiger partial charge in [0.15, 0.2) is 0 Å². The highest BCUT2D eigenvalue weighted by Gasteiger charge is 2.49. The van der Waals surface area contributed by atoms with Gasteiger partial charge in [0.25, 0.3) is 0 Å². The number of amides is 2. The molecule has 2 amide bonds. The lowest BCUT2D eigenvalue weighted by Gasteiger charge is -2.50. The lowest BCUT2D eigenvalue weighted by molar-refractivity contribution is 0.0645. The zero-order valence-corrected chi connectivity index (χ0v) is 21.5. The zero-order chi connectivity index (χ0) is 25.3. The van der Waals surface area contributed by atoms with Crippen molar-refractivity contribution in [2.24, 2.45) is 7.05 Å². The summed E-state index contributed by atoms with van der Waals surface area (Å²) < 4.78 is 7.69. The predicted octanol–water partition coefficient (Wildman–Crippen LogP) is 3.58. The van der Waals surface area contributed by atoms with Crippen LogP contribution in [0.15, 0.2) is 42.6 Å². The van der Waals surface area contributed by atoms with Crippen LogP contribution >= 0.6 is 0 Å². The van der Waals surface area contributed by atoms with E-state index < -0.39 is 6.04 Å². The number of aliphatic hydroxyl groups is 1. The van der Waals surface area contributed by atoms with Gasteiger partial charge in [0, 0.05) is 55.4 Å². The number of nitrogens with one attached hydrogen (secondary N) is 1. The first kappa shape index (κ1) is 24.6. The van der Waals surface area contributed by atoms with Crippen LogP contribution in [0.4, 0.5) is 4.79 Å². The van der Waals surface area contributed by atoms with Crippen molar-refractivity contribution in [2.75, 3.05) is 39.9 Å². The van der Waals surface area contributed by atoms with E-state index in [-0.39, 0.29) is 18.1 Å². The largest absolute Gasteiger partial charge is 0.497 e. The number of hydrogen-bond acceptors (Lipinski definition) is 5. The molecule has 3 aromatic rings. The van der Waals surface area contributed by atoms with E-state index in [2.05, 4.69) is 38.0 Å². The Bertz CT molecular complexity index is 1220. The van der Waals surface area contributed by atoms with E-state index in [1.807, 2.05) is 43.3 Å². The van der Waals surface area contributed by atoms with Crippen molar-refractivity contribution in [2.45, 2.75) is 44.2 Å². The molecule has 4 heterocycles. The van der Waals surface area contributed by atoms with Gasteiger partial charge in [-0.05, 0) is 62.2 Å². The quantitative estimate of drug-likeness (QED) is 0.551. The van der Waals surface area contributed by atoms with Gasteiger partial charge < -0.3 is 24.6 Å². The normalized spacial score (nSPS) is 19.4. The van der Waals surface area contributed by atoms with Crippen LogP contribution in [0.3, 0.4) is 0 Å². The van der Waals surface area contributed by atoms with Crippen molar-refractivity contribution < 1.29 is 14.6 Å². The summed E-state index contributed by atoms with van der Waals surface area (Å²) in [7, 11) is 3.72. The second kappa shape index (κ2) is 10.1. The van der Waals surface area contributed by atoms with E-state index in [0.29, 0.717) is 13.1 Å². The number of ether oxygens (including phenoxy) is 1. The Kier molecular flexibility index (Phi) is 6.90. The average molecular weight is 492 g/mol. The molecule has 0 aliphatic carbocycles. The van der Waals surface area contributed by atoms with Crippen LogP contribution in [0, 0.1) is 0 Å². The van der Waals surface area contributed by atoms with E-state index in [9.17, 15) is 9.90 Å². The second-order valence-corrected chi connectivity index (χ2v) is 10.1. The van der Waals surface area contributed by atoms with E-state index in [1.54, 1.807) is 7.11 Å². The third-order valence-electron chi connectivity index (χ3n) is 8.03. The molecule has 0 saturated carbocycles. The number of pyridine rings is 1. The summed E-state index contributed by atoms with van der Waals surface area (Å²) in [6.07, 6.45) is 4.60. The Morgan fingerprint density at radius 2 is 2.06 bits per heavy atom. The number of urea groups is 1. The lowest BCUT2D eigenvalue weighted by atomic mass is 9.68. The van der Waals surface area contributed by atoms with Gasteiger partial charge in [-0.25, -0.2) is 4.79 Å². The van der Waals surface area contributed by atoms with Crippen LogP contribution in [0.2, 0.25) is 0 Å². The van der Waals surface area contributed by atoms with Crippen LogP contribution in [0.5, 0.6) is 5.75 Å². The van der Waals surface area contributed by atoms with Gasteiger partial charge in [-0.3, -0.25) is 9.88 Å². The SMILES string of the molecule is CCCNC(=O)N1CC2(CCN(Cc3ccccn3)CC2)c2c(n(C)c3cc(OC)ccc23)[C@@H]1CO. The molecule has 8 nitrogen and oxygen atoms in total. The third kappa shape index (κ3) is 4.22. The smallest absolute Gasteiger partial charge is 0.318 e. The predicted molar refractivity (Wildman–Crippen MR) is 140 cm³/mol. The molecule has 0 radical (unpaired) electrons. The van der Waals surface area contributed by atoms with Crippen LogP contribution in [0.25, 0.3) is 10.9 Å². The molecule has 8 heteroatoms. The van der Waals surface area contributed by atoms with E-state index in [0.717, 1.165) is 61.6 Å². The molecular formula is C28H37N5O3. The maximum absolute atomic E-state index is 13.4. The molecule has 1 aromatic carbocycles. The second-order valence-electron chi connectivity index (χ2n) is 10.1. The molecular weight excluding hydrogens is 454 g/mol. The van der Waals surface area contributed by atoms with Crippen molar-refractivity contribution in [1.29, 1.82) is 0 Å². The fraction of sp³-hybridized carbons (Fsp3) is 0.500. The van der Waals surface area contributed by atoms with Gasteiger partial charge in [0.1, 0.15) is 5.75 Å². The number of aryl methyl sites for hydroxylation is 1. The Morgan fingerprint density at radius 3 is 2.72 bits per heavy atom. The van der Waals surface area contributed by atoms with Crippen molar-refractivity contribution in [3.8, 4) is 5.75 Å². The van der Waals surface area contributed by atoms with Crippen molar-refractivity contribution in [3.05, 3.63) is 59.5 Å². The summed E-state index contributed by atoms with van der Waals surface area (Å²) in [5, 5.41) is 14.8. The van der Waals surface area contributed by atoms with Crippen molar-refractivity contribution in [1.82, 2.24) is 24.7 Å². The number of carbonyl (C=O) groups is 1. The lowest BCUT2D eigenvalue weighted by Crippen LogP contribution is -2.57. The van der Waals surface area contributed by atoms with Crippen LogP contribution < -0.4 is 10.1 Å². The van der Waals surface area contributed by atoms with E-state index in [1.165, 1.54) is 10.9 Å². The molecule has 2 N–H and O–H groups in total. The Morgan fingerprint density at radius 1 is 1.25 bits per heavy atom. The summed E-state index contributed by atoms with van der Waals surface area (Å²) in [4.78, 5) is 22.2. The molecule has 1 spiro atoms. The van der Waals surface area contributed by atoms with Crippen LogP contribution in [0.1, 0.15) is 49.2 Å². The Balaban J connectivity index is 1.56. The molecule has 0 unspecified atom stereocenters. The minimum Gasteiger partial charge on any atom is -0.497 e. The molecule has 1 saturated heterocycles. The highest BCUT2D eigenvalue weighted by atomic mass is 16.5. The highest BCUT2D eigenvalue weighted by Crippen LogP contribution is 2.50. The maximum atomic E-state index is 13.4. The van der Waals surface area contributed by atoms with Gasteiger partial charge in [0.2, 0.25) is 0 Å². The van der Waals surface area contributed by atoms with Gasteiger partial charge in [-0.1, -0.05) is 13.0 Å². The zero-order valence-electron chi connectivity index (χ0n) is 21.5. The first-order valence-electron chi connectivity index (χ1n) is 13.0. The summed E-state index contributed by atoms with van der Waals surface area (Å²) >= 11 is 0. The van der Waals surface area contributed by atoms with E-state index in [4.69, 9.17) is 4.74 Å². The number of aromatic nitrogens is 2. The standard InChI is InChI=1S/C28H37N5O3/c1-4-12-30-27(35)33-19-28(10-14-32(15-11-28)17-20-7-5-6-13-29-20)25-22-9-8-21(36-3)16-23(22)31(2)26(25)24(33)18-34/h5-9,13,16,24,34H,4,10-12,14-15,17-19H2,1-3H3,(H,30,35)/t24-/m0/s1. The summed E-state index contributed by atoms with van der Waals surface area (Å²) in [6, 6.07) is 11.8. The number of nitrogens with zero attached hydrogens (tertiary/aromatic N) is 4. The fourth-order valence-corrected chi connectivity index (χ4v) is 6.17. The first-order chi connectivity index (χ1) is 17.5. The molecule has 36 heavy (non-hydrogen) atoms. The molecule has 5 rings (SSSR count). The summed E-state index contributed by atoms with van der Waals surface area (Å²) in [5.41, 5.74) is 4.30. The first-order valence-corrected chi connectivity index (χ1v) is 13.0. The topological polar surface area (TPSA) is 82.9 Å².